The number of hydrogen-bond acceptors (Lipinski definition) is 5. The molecule has 20 heavy (non-hydrogen) atoms. The summed E-state index contributed by atoms with van der Waals surface area (Å²) in [4.78, 5) is 11.7. The summed E-state index contributed by atoms with van der Waals surface area (Å²) in [5.41, 5.74) is 1.07. The van der Waals surface area contributed by atoms with E-state index in [1.165, 1.54) is 0 Å². The Kier molecular flexibility index (Phi) is 5.31. The second-order valence-electron chi connectivity index (χ2n) is 5.47. The summed E-state index contributed by atoms with van der Waals surface area (Å²) < 4.78 is 5.87. The summed E-state index contributed by atoms with van der Waals surface area (Å²) in [5.74, 6) is 2.10. The number of anilines is 1. The first-order valence-corrected chi connectivity index (χ1v) is 7.60. The molecular weight excluding hydrogens is 252 g/mol. The highest BCUT2D eigenvalue weighted by Crippen LogP contribution is 2.23. The Balaban J connectivity index is 2.24. The van der Waals surface area contributed by atoms with Crippen molar-refractivity contribution < 1.29 is 4.74 Å². The van der Waals surface area contributed by atoms with Crippen LogP contribution in [0.25, 0.3) is 0 Å². The minimum absolute atomic E-state index is 0.0141. The lowest BCUT2D eigenvalue weighted by molar-refractivity contribution is -0.0326. The zero-order valence-corrected chi connectivity index (χ0v) is 13.0. The maximum Gasteiger partial charge on any atom is 0.161 e. The molecule has 5 heteroatoms. The predicted octanol–water partition coefficient (Wildman–Crippen LogP) is 2.43. The molecule has 1 atom stereocenters. The van der Waals surface area contributed by atoms with E-state index in [0.29, 0.717) is 5.92 Å². The summed E-state index contributed by atoms with van der Waals surface area (Å²) in [6.45, 7) is 13.1. The van der Waals surface area contributed by atoms with Gasteiger partial charge in [-0.15, -0.1) is 0 Å². The van der Waals surface area contributed by atoms with Crippen LogP contribution in [-0.4, -0.2) is 47.7 Å². The van der Waals surface area contributed by atoms with Gasteiger partial charge in [0.15, 0.2) is 5.82 Å². The van der Waals surface area contributed by atoms with Crippen LogP contribution in [0, 0.1) is 0 Å². The van der Waals surface area contributed by atoms with Crippen molar-refractivity contribution in [2.45, 2.75) is 39.7 Å². The van der Waals surface area contributed by atoms with Gasteiger partial charge in [-0.1, -0.05) is 20.8 Å². The third-order valence-electron chi connectivity index (χ3n) is 3.60. The van der Waals surface area contributed by atoms with Crippen LogP contribution in [0.3, 0.4) is 0 Å². The van der Waals surface area contributed by atoms with Crippen molar-refractivity contribution >= 4 is 5.82 Å². The van der Waals surface area contributed by atoms with Gasteiger partial charge in [0, 0.05) is 31.4 Å². The van der Waals surface area contributed by atoms with Crippen molar-refractivity contribution in [3.63, 3.8) is 0 Å². The largest absolute Gasteiger partial charge is 0.370 e. The molecule has 2 heterocycles. The average Bonchev–Trinajstić information content (AvgIpc) is 2.47. The summed E-state index contributed by atoms with van der Waals surface area (Å²) in [7, 11) is 0. The molecule has 0 bridgehead atoms. The fourth-order valence-corrected chi connectivity index (χ4v) is 2.34. The van der Waals surface area contributed by atoms with Crippen molar-refractivity contribution in [3.8, 4) is 0 Å². The lowest BCUT2D eigenvalue weighted by Crippen LogP contribution is -2.38. The van der Waals surface area contributed by atoms with Crippen LogP contribution in [-0.2, 0) is 4.74 Å². The molecule has 0 radical (unpaired) electrons. The first-order valence-electron chi connectivity index (χ1n) is 7.60. The van der Waals surface area contributed by atoms with E-state index in [2.05, 4.69) is 42.9 Å². The minimum atomic E-state index is -0.0141. The number of ether oxygens (including phenoxy) is 1. The van der Waals surface area contributed by atoms with Crippen LogP contribution in [0.1, 0.15) is 51.2 Å². The number of morpholine rings is 1. The van der Waals surface area contributed by atoms with Gasteiger partial charge in [0.25, 0.3) is 0 Å². The number of nitrogens with one attached hydrogen (secondary N) is 1. The molecule has 0 spiro atoms. The molecule has 2 rings (SSSR count). The molecule has 0 saturated carbocycles. The van der Waals surface area contributed by atoms with E-state index >= 15 is 0 Å². The maximum atomic E-state index is 5.87. The fourth-order valence-electron chi connectivity index (χ4n) is 2.34. The number of nitrogens with zero attached hydrogens (tertiary/aromatic N) is 3. The van der Waals surface area contributed by atoms with Crippen molar-refractivity contribution in [1.82, 2.24) is 14.9 Å². The molecule has 1 N–H and O–H groups in total. The molecular formula is C15H26N4O. The van der Waals surface area contributed by atoms with Gasteiger partial charge in [0.05, 0.1) is 6.61 Å². The summed E-state index contributed by atoms with van der Waals surface area (Å²) in [5, 5.41) is 3.29. The standard InChI is InChI=1S/C15H26N4O/c1-5-16-14-9-12(11(3)4)17-15(18-14)13-10-19(6-2)7-8-20-13/h9,11,13H,5-8,10H2,1-4H3,(H,16,17,18). The summed E-state index contributed by atoms with van der Waals surface area (Å²) in [6.07, 6.45) is -0.0141. The number of aromatic nitrogens is 2. The predicted molar refractivity (Wildman–Crippen MR) is 81.1 cm³/mol. The van der Waals surface area contributed by atoms with E-state index < -0.39 is 0 Å². The Morgan fingerprint density at radius 2 is 2.20 bits per heavy atom. The lowest BCUT2D eigenvalue weighted by atomic mass is 10.1. The Morgan fingerprint density at radius 3 is 2.85 bits per heavy atom. The van der Waals surface area contributed by atoms with Crippen LogP contribution in [0.5, 0.6) is 0 Å². The van der Waals surface area contributed by atoms with Crippen molar-refractivity contribution in [2.24, 2.45) is 0 Å². The molecule has 1 aliphatic rings. The Hall–Kier alpha value is -1.20. The van der Waals surface area contributed by atoms with Gasteiger partial charge in [0.1, 0.15) is 11.9 Å². The van der Waals surface area contributed by atoms with Gasteiger partial charge < -0.3 is 10.1 Å². The van der Waals surface area contributed by atoms with Crippen molar-refractivity contribution in [3.05, 3.63) is 17.6 Å². The second-order valence-corrected chi connectivity index (χ2v) is 5.47. The molecule has 1 saturated heterocycles. The zero-order chi connectivity index (χ0) is 14.5. The molecule has 5 nitrogen and oxygen atoms in total. The third-order valence-corrected chi connectivity index (χ3v) is 3.60. The highest BCUT2D eigenvalue weighted by molar-refractivity contribution is 5.37. The first kappa shape index (κ1) is 15.2. The molecule has 1 aromatic rings. The topological polar surface area (TPSA) is 50.3 Å². The van der Waals surface area contributed by atoms with Crippen molar-refractivity contribution in [1.29, 1.82) is 0 Å². The van der Waals surface area contributed by atoms with Gasteiger partial charge in [0.2, 0.25) is 0 Å². The Labute approximate surface area is 121 Å². The van der Waals surface area contributed by atoms with Crippen LogP contribution >= 0.6 is 0 Å². The molecule has 112 valence electrons. The molecule has 1 fully saturated rings. The van der Waals surface area contributed by atoms with Crippen LogP contribution in [0.15, 0.2) is 6.07 Å². The van der Waals surface area contributed by atoms with Gasteiger partial charge in [-0.3, -0.25) is 4.90 Å². The monoisotopic (exact) mass is 278 g/mol. The molecule has 1 aromatic heterocycles. The second kappa shape index (κ2) is 6.99. The minimum Gasteiger partial charge on any atom is -0.370 e. The summed E-state index contributed by atoms with van der Waals surface area (Å²) >= 11 is 0. The van der Waals surface area contributed by atoms with Gasteiger partial charge >= 0.3 is 0 Å². The van der Waals surface area contributed by atoms with E-state index in [4.69, 9.17) is 9.72 Å². The third kappa shape index (κ3) is 3.67. The Bertz CT molecular complexity index is 436. The quantitative estimate of drug-likeness (QED) is 0.896. The molecule has 1 unspecified atom stereocenters. The number of likely N-dealkylation sites (N-methyl/N-ethyl adjacent to an activating group) is 1. The van der Waals surface area contributed by atoms with E-state index in [9.17, 15) is 0 Å². The van der Waals surface area contributed by atoms with E-state index in [0.717, 1.165) is 50.1 Å². The fraction of sp³-hybridized carbons (Fsp3) is 0.733. The average molecular weight is 278 g/mol. The van der Waals surface area contributed by atoms with Crippen LogP contribution in [0.4, 0.5) is 5.82 Å². The zero-order valence-electron chi connectivity index (χ0n) is 13.0. The van der Waals surface area contributed by atoms with Crippen molar-refractivity contribution in [2.75, 3.05) is 38.1 Å². The number of rotatable bonds is 5. The lowest BCUT2D eigenvalue weighted by Gasteiger charge is -2.31. The normalized spacial score (nSPS) is 20.4. The smallest absolute Gasteiger partial charge is 0.161 e. The molecule has 0 aliphatic carbocycles. The summed E-state index contributed by atoms with van der Waals surface area (Å²) in [6, 6.07) is 2.04. The SMILES string of the molecule is CCNc1cc(C(C)C)nc(C2CN(CC)CCO2)n1. The van der Waals surface area contributed by atoms with E-state index in [-0.39, 0.29) is 6.10 Å². The van der Waals surface area contributed by atoms with Gasteiger partial charge in [-0.2, -0.15) is 0 Å². The Morgan fingerprint density at radius 1 is 1.40 bits per heavy atom. The van der Waals surface area contributed by atoms with Crippen LogP contribution < -0.4 is 5.32 Å². The highest BCUT2D eigenvalue weighted by atomic mass is 16.5. The van der Waals surface area contributed by atoms with Crippen LogP contribution in [0.2, 0.25) is 0 Å². The van der Waals surface area contributed by atoms with Gasteiger partial charge in [-0.25, -0.2) is 9.97 Å². The van der Waals surface area contributed by atoms with E-state index in [1.807, 2.05) is 6.07 Å². The van der Waals surface area contributed by atoms with E-state index in [1.54, 1.807) is 0 Å². The maximum absolute atomic E-state index is 5.87. The molecule has 1 aliphatic heterocycles. The molecule has 0 amide bonds. The first-order chi connectivity index (χ1) is 9.63. The highest BCUT2D eigenvalue weighted by Gasteiger charge is 2.24. The molecule has 0 aromatic carbocycles. The number of hydrogen-bond donors (Lipinski definition) is 1. The van der Waals surface area contributed by atoms with Gasteiger partial charge in [-0.05, 0) is 19.4 Å².